The zero-order chi connectivity index (χ0) is 11.5. The van der Waals surface area contributed by atoms with Crippen molar-refractivity contribution in [2.45, 2.75) is 13.3 Å². The number of hydrogen-bond acceptors (Lipinski definition) is 3. The number of aromatic nitrogens is 2. The Morgan fingerprint density at radius 3 is 2.50 bits per heavy atom. The van der Waals surface area contributed by atoms with Gasteiger partial charge in [0.25, 0.3) is 0 Å². The number of aryl methyl sites for hydroxylation is 1. The van der Waals surface area contributed by atoms with E-state index in [4.69, 9.17) is 17.3 Å². The highest BCUT2D eigenvalue weighted by molar-refractivity contribution is 6.30. The normalized spacial score (nSPS) is 10.4. The van der Waals surface area contributed by atoms with E-state index in [1.54, 1.807) is 6.07 Å². The van der Waals surface area contributed by atoms with Gasteiger partial charge in [-0.25, -0.2) is 9.97 Å². The summed E-state index contributed by atoms with van der Waals surface area (Å²) in [5.41, 5.74) is 7.59. The molecule has 0 saturated carbocycles. The molecule has 0 aliphatic heterocycles. The maximum absolute atomic E-state index is 5.82. The third kappa shape index (κ3) is 2.31. The summed E-state index contributed by atoms with van der Waals surface area (Å²) in [6, 6.07) is 9.19. The molecule has 82 valence electrons. The number of benzene rings is 1. The van der Waals surface area contributed by atoms with Gasteiger partial charge < -0.3 is 5.73 Å². The molecule has 0 saturated heterocycles. The van der Waals surface area contributed by atoms with Gasteiger partial charge in [0.1, 0.15) is 5.82 Å². The van der Waals surface area contributed by atoms with Gasteiger partial charge >= 0.3 is 0 Å². The van der Waals surface area contributed by atoms with Gasteiger partial charge in [0.05, 0.1) is 0 Å². The van der Waals surface area contributed by atoms with Crippen LogP contribution in [0.4, 0.5) is 5.82 Å². The second-order valence-corrected chi connectivity index (χ2v) is 3.90. The van der Waals surface area contributed by atoms with Gasteiger partial charge in [-0.3, -0.25) is 0 Å². The average Bonchev–Trinajstić information content (AvgIpc) is 2.29. The van der Waals surface area contributed by atoms with Crippen molar-refractivity contribution in [3.05, 3.63) is 41.0 Å². The second-order valence-electron chi connectivity index (χ2n) is 3.47. The smallest absolute Gasteiger partial charge is 0.161 e. The lowest BCUT2D eigenvalue weighted by atomic mass is 10.2. The minimum Gasteiger partial charge on any atom is -0.384 e. The highest BCUT2D eigenvalue weighted by atomic mass is 35.5. The lowest BCUT2D eigenvalue weighted by molar-refractivity contribution is 1.01. The second kappa shape index (κ2) is 4.49. The molecule has 0 radical (unpaired) electrons. The third-order valence-electron chi connectivity index (χ3n) is 2.26. The molecule has 0 atom stereocenters. The van der Waals surface area contributed by atoms with Gasteiger partial charge in [0.2, 0.25) is 0 Å². The van der Waals surface area contributed by atoms with Crippen LogP contribution in [0, 0.1) is 0 Å². The molecule has 0 aliphatic carbocycles. The SMILES string of the molecule is CCc1cc(N)nc(-c2ccc(Cl)cc2)n1. The van der Waals surface area contributed by atoms with Gasteiger partial charge in [0.15, 0.2) is 5.82 Å². The molecular formula is C12H12ClN3. The Bertz CT molecular complexity index is 494. The van der Waals surface area contributed by atoms with Gasteiger partial charge in [0, 0.05) is 22.3 Å². The first-order chi connectivity index (χ1) is 7.69. The van der Waals surface area contributed by atoms with Gasteiger partial charge in [-0.15, -0.1) is 0 Å². The molecule has 1 heterocycles. The first-order valence-electron chi connectivity index (χ1n) is 5.08. The van der Waals surface area contributed by atoms with E-state index in [-0.39, 0.29) is 0 Å². The average molecular weight is 234 g/mol. The van der Waals surface area contributed by atoms with Crippen LogP contribution in [0.2, 0.25) is 5.02 Å². The van der Waals surface area contributed by atoms with Crippen LogP contribution >= 0.6 is 11.6 Å². The molecule has 0 spiro atoms. The Morgan fingerprint density at radius 1 is 1.19 bits per heavy atom. The van der Waals surface area contributed by atoms with Crippen LogP contribution in [0.1, 0.15) is 12.6 Å². The van der Waals surface area contributed by atoms with Gasteiger partial charge in [-0.05, 0) is 30.7 Å². The predicted octanol–water partition coefficient (Wildman–Crippen LogP) is 2.94. The molecule has 16 heavy (non-hydrogen) atoms. The van der Waals surface area contributed by atoms with E-state index in [1.165, 1.54) is 0 Å². The van der Waals surface area contributed by atoms with Gasteiger partial charge in [-0.2, -0.15) is 0 Å². The standard InChI is InChI=1S/C12H12ClN3/c1-2-10-7-11(14)16-12(15-10)8-3-5-9(13)6-4-8/h3-7H,2H2,1H3,(H2,14,15,16). The molecule has 0 bridgehead atoms. The first kappa shape index (κ1) is 10.9. The van der Waals surface area contributed by atoms with E-state index in [2.05, 4.69) is 9.97 Å². The van der Waals surface area contributed by atoms with Crippen LogP contribution in [0.25, 0.3) is 11.4 Å². The van der Waals surface area contributed by atoms with Crippen LogP contribution in [-0.2, 0) is 6.42 Å². The molecule has 0 amide bonds. The Kier molecular flexibility index (Phi) is 3.06. The first-order valence-corrected chi connectivity index (χ1v) is 5.46. The number of rotatable bonds is 2. The van der Waals surface area contributed by atoms with E-state index < -0.39 is 0 Å². The number of anilines is 1. The molecule has 2 aromatic rings. The van der Waals surface area contributed by atoms with Crippen molar-refractivity contribution in [1.82, 2.24) is 9.97 Å². The summed E-state index contributed by atoms with van der Waals surface area (Å²) in [6.45, 7) is 2.04. The predicted molar refractivity (Wildman–Crippen MR) is 66.3 cm³/mol. The minimum atomic E-state index is 0.497. The van der Waals surface area contributed by atoms with Crippen LogP contribution in [-0.4, -0.2) is 9.97 Å². The fourth-order valence-corrected chi connectivity index (χ4v) is 1.55. The molecule has 3 nitrogen and oxygen atoms in total. The summed E-state index contributed by atoms with van der Waals surface area (Å²) in [5, 5.41) is 0.698. The fourth-order valence-electron chi connectivity index (χ4n) is 1.43. The van der Waals surface area contributed by atoms with Crippen molar-refractivity contribution < 1.29 is 0 Å². The zero-order valence-electron chi connectivity index (χ0n) is 8.94. The maximum Gasteiger partial charge on any atom is 0.161 e. The Morgan fingerprint density at radius 2 is 1.88 bits per heavy atom. The summed E-state index contributed by atoms with van der Waals surface area (Å²) < 4.78 is 0. The summed E-state index contributed by atoms with van der Waals surface area (Å²) in [7, 11) is 0. The number of hydrogen-bond donors (Lipinski definition) is 1. The number of nitrogens with two attached hydrogens (primary N) is 1. The summed E-state index contributed by atoms with van der Waals surface area (Å²) >= 11 is 5.82. The number of halogens is 1. The fraction of sp³-hybridized carbons (Fsp3) is 0.167. The monoisotopic (exact) mass is 233 g/mol. The minimum absolute atomic E-state index is 0.497. The van der Waals surface area contributed by atoms with Crippen molar-refractivity contribution >= 4 is 17.4 Å². The molecule has 0 unspecified atom stereocenters. The van der Waals surface area contributed by atoms with Crippen LogP contribution in [0.15, 0.2) is 30.3 Å². The van der Waals surface area contributed by atoms with E-state index in [9.17, 15) is 0 Å². The van der Waals surface area contributed by atoms with E-state index in [1.807, 2.05) is 31.2 Å². The zero-order valence-corrected chi connectivity index (χ0v) is 9.70. The lowest BCUT2D eigenvalue weighted by Crippen LogP contribution is -1.99. The van der Waals surface area contributed by atoms with Crippen LogP contribution < -0.4 is 5.73 Å². The Labute approximate surface area is 99.3 Å². The topological polar surface area (TPSA) is 51.8 Å². The van der Waals surface area contributed by atoms with E-state index >= 15 is 0 Å². The molecule has 0 aliphatic rings. The van der Waals surface area contributed by atoms with Crippen molar-refractivity contribution in [1.29, 1.82) is 0 Å². The van der Waals surface area contributed by atoms with Crippen molar-refractivity contribution in [2.75, 3.05) is 5.73 Å². The number of nitrogen functional groups attached to an aromatic ring is 1. The molecule has 1 aromatic heterocycles. The van der Waals surface area contributed by atoms with Gasteiger partial charge in [-0.1, -0.05) is 18.5 Å². The molecule has 2 rings (SSSR count). The van der Waals surface area contributed by atoms with E-state index in [0.717, 1.165) is 17.7 Å². The summed E-state index contributed by atoms with van der Waals surface area (Å²) in [4.78, 5) is 8.62. The molecule has 1 aromatic carbocycles. The van der Waals surface area contributed by atoms with Crippen molar-refractivity contribution in [3.8, 4) is 11.4 Å². The highest BCUT2D eigenvalue weighted by Gasteiger charge is 2.04. The molecular weight excluding hydrogens is 222 g/mol. The van der Waals surface area contributed by atoms with Crippen molar-refractivity contribution in [2.24, 2.45) is 0 Å². The molecule has 4 heteroatoms. The van der Waals surface area contributed by atoms with E-state index in [0.29, 0.717) is 16.7 Å². The Hall–Kier alpha value is -1.61. The summed E-state index contributed by atoms with van der Waals surface area (Å²) in [5.74, 6) is 1.14. The maximum atomic E-state index is 5.82. The molecule has 0 fully saturated rings. The largest absolute Gasteiger partial charge is 0.384 e. The Balaban J connectivity index is 2.47. The quantitative estimate of drug-likeness (QED) is 0.868. The van der Waals surface area contributed by atoms with Crippen LogP contribution in [0.5, 0.6) is 0 Å². The van der Waals surface area contributed by atoms with Crippen LogP contribution in [0.3, 0.4) is 0 Å². The third-order valence-corrected chi connectivity index (χ3v) is 2.52. The summed E-state index contributed by atoms with van der Waals surface area (Å²) in [6.07, 6.45) is 0.841. The lowest BCUT2D eigenvalue weighted by Gasteiger charge is -2.04. The highest BCUT2D eigenvalue weighted by Crippen LogP contribution is 2.19. The number of nitrogens with zero attached hydrogens (tertiary/aromatic N) is 2. The van der Waals surface area contributed by atoms with Crippen molar-refractivity contribution in [3.63, 3.8) is 0 Å². The molecule has 2 N–H and O–H groups in total.